The number of nitrogens with one attached hydrogen (secondary N) is 1. The molecule has 0 spiro atoms. The van der Waals surface area contributed by atoms with Gasteiger partial charge in [-0.05, 0) is 44.2 Å². The van der Waals surface area contributed by atoms with Crippen molar-refractivity contribution in [2.75, 3.05) is 19.6 Å². The third kappa shape index (κ3) is 4.66. The summed E-state index contributed by atoms with van der Waals surface area (Å²) in [5, 5.41) is 12.2. The zero-order valence-corrected chi connectivity index (χ0v) is 17.0. The second kappa shape index (κ2) is 9.41. The Hall–Kier alpha value is -2.08. The van der Waals surface area contributed by atoms with Gasteiger partial charge in [0, 0.05) is 30.6 Å². The molecule has 28 heavy (non-hydrogen) atoms. The smallest absolute Gasteiger partial charge is 0.317 e. The lowest BCUT2D eigenvalue weighted by Crippen LogP contribution is -2.57. The van der Waals surface area contributed by atoms with E-state index in [0.717, 1.165) is 45.2 Å². The first kappa shape index (κ1) is 20.6. The lowest BCUT2D eigenvalue weighted by atomic mass is 9.85. The van der Waals surface area contributed by atoms with Crippen LogP contribution in [0.2, 0.25) is 0 Å². The zero-order chi connectivity index (χ0) is 20.1. The monoisotopic (exact) mass is 387 g/mol. The summed E-state index contributed by atoms with van der Waals surface area (Å²) in [5.74, 6) is -0.421. The van der Waals surface area contributed by atoms with Crippen molar-refractivity contribution in [2.24, 2.45) is 0 Å². The number of carbonyl (C=O) groups is 2. The fraction of sp³-hybridized carbons (Fsp3) is 0.636. The average molecular weight is 388 g/mol. The molecule has 154 valence electrons. The second-order valence-corrected chi connectivity index (χ2v) is 8.06. The van der Waals surface area contributed by atoms with Gasteiger partial charge in [-0.15, -0.1) is 0 Å². The van der Waals surface area contributed by atoms with Gasteiger partial charge in [0.05, 0.1) is 6.54 Å². The number of benzene rings is 1. The lowest BCUT2D eigenvalue weighted by Gasteiger charge is -2.43. The van der Waals surface area contributed by atoms with Crippen molar-refractivity contribution < 1.29 is 14.7 Å². The van der Waals surface area contributed by atoms with E-state index in [1.54, 1.807) is 0 Å². The maximum Gasteiger partial charge on any atom is 0.317 e. The summed E-state index contributed by atoms with van der Waals surface area (Å²) < 4.78 is 0. The topological polar surface area (TPSA) is 72.9 Å². The largest absolute Gasteiger partial charge is 0.480 e. The quantitative estimate of drug-likeness (QED) is 0.718. The van der Waals surface area contributed by atoms with Crippen LogP contribution in [0.3, 0.4) is 0 Å². The van der Waals surface area contributed by atoms with Crippen LogP contribution in [-0.4, -0.2) is 64.7 Å². The van der Waals surface area contributed by atoms with Crippen molar-refractivity contribution in [1.82, 2.24) is 15.1 Å². The van der Waals surface area contributed by atoms with Crippen LogP contribution in [0, 0.1) is 0 Å². The Balaban J connectivity index is 1.55. The van der Waals surface area contributed by atoms with Gasteiger partial charge < -0.3 is 15.3 Å². The summed E-state index contributed by atoms with van der Waals surface area (Å²) >= 11 is 0. The third-order valence-corrected chi connectivity index (χ3v) is 6.39. The normalized spacial score (nSPS) is 25.4. The molecule has 0 bridgehead atoms. The highest BCUT2D eigenvalue weighted by Gasteiger charge is 2.39. The summed E-state index contributed by atoms with van der Waals surface area (Å²) in [6, 6.07) is 11.2. The van der Waals surface area contributed by atoms with Crippen LogP contribution in [0.15, 0.2) is 30.3 Å². The van der Waals surface area contributed by atoms with Crippen LogP contribution in [0.4, 0.5) is 4.79 Å². The predicted octanol–water partition coefficient (Wildman–Crippen LogP) is 3.29. The van der Waals surface area contributed by atoms with Gasteiger partial charge in [0.1, 0.15) is 0 Å². The molecule has 1 saturated carbocycles. The number of likely N-dealkylation sites (tertiary alicyclic amines) is 1. The van der Waals surface area contributed by atoms with E-state index in [9.17, 15) is 9.59 Å². The molecule has 3 rings (SSSR count). The van der Waals surface area contributed by atoms with Crippen molar-refractivity contribution in [3.8, 4) is 0 Å². The van der Waals surface area contributed by atoms with E-state index >= 15 is 0 Å². The highest BCUT2D eigenvalue weighted by molar-refractivity contribution is 5.75. The maximum absolute atomic E-state index is 12.9. The van der Waals surface area contributed by atoms with Gasteiger partial charge in [0.2, 0.25) is 0 Å². The van der Waals surface area contributed by atoms with Gasteiger partial charge in [0.25, 0.3) is 0 Å². The molecule has 6 heteroatoms. The highest BCUT2D eigenvalue weighted by Crippen LogP contribution is 2.34. The first-order chi connectivity index (χ1) is 13.5. The van der Waals surface area contributed by atoms with Crippen molar-refractivity contribution in [3.63, 3.8) is 0 Å². The fourth-order valence-corrected chi connectivity index (χ4v) is 4.83. The molecule has 1 saturated heterocycles. The van der Waals surface area contributed by atoms with Gasteiger partial charge >= 0.3 is 12.0 Å². The molecule has 1 aromatic carbocycles. The van der Waals surface area contributed by atoms with E-state index in [-0.39, 0.29) is 30.7 Å². The van der Waals surface area contributed by atoms with E-state index in [1.807, 2.05) is 22.8 Å². The van der Waals surface area contributed by atoms with Gasteiger partial charge in [-0.2, -0.15) is 0 Å². The minimum Gasteiger partial charge on any atom is -0.480 e. The molecule has 2 amide bonds. The predicted molar refractivity (Wildman–Crippen MR) is 109 cm³/mol. The maximum atomic E-state index is 12.9. The Kier molecular flexibility index (Phi) is 6.94. The van der Waals surface area contributed by atoms with E-state index in [2.05, 4.69) is 36.5 Å². The Bertz CT molecular complexity index is 660. The number of hydrogen-bond acceptors (Lipinski definition) is 3. The van der Waals surface area contributed by atoms with Crippen LogP contribution >= 0.6 is 0 Å². The van der Waals surface area contributed by atoms with Crippen molar-refractivity contribution in [2.45, 2.75) is 70.0 Å². The highest BCUT2D eigenvalue weighted by atomic mass is 16.4. The lowest BCUT2D eigenvalue weighted by molar-refractivity contribution is -0.139. The number of carboxylic acids is 1. The Morgan fingerprint density at radius 3 is 2.57 bits per heavy atom. The van der Waals surface area contributed by atoms with Crippen LogP contribution in [0.25, 0.3) is 0 Å². The minimum absolute atomic E-state index is 0.0432. The fourth-order valence-electron chi connectivity index (χ4n) is 4.83. The third-order valence-electron chi connectivity index (χ3n) is 6.39. The standard InChI is InChI=1S/C22H33N3O3/c1-3-19(16-9-6-5-7-10-16)20-11-8-12-25(20)22(28)23-17-13-18(14-17)24(4-2)15-21(26)27/h5-7,9-10,17-20H,3-4,8,11-15H2,1-2H3,(H,23,28)(H,26,27). The van der Waals surface area contributed by atoms with Gasteiger partial charge in [-0.3, -0.25) is 9.69 Å². The van der Waals surface area contributed by atoms with E-state index < -0.39 is 5.97 Å². The number of carboxylic acid groups (broad SMARTS) is 1. The Labute approximate surface area is 167 Å². The molecule has 0 radical (unpaired) electrons. The van der Waals surface area contributed by atoms with Crippen LogP contribution in [-0.2, 0) is 4.79 Å². The molecule has 1 aliphatic carbocycles. The zero-order valence-electron chi connectivity index (χ0n) is 17.0. The summed E-state index contributed by atoms with van der Waals surface area (Å²) in [4.78, 5) is 27.9. The Morgan fingerprint density at radius 2 is 1.96 bits per heavy atom. The van der Waals surface area contributed by atoms with Crippen molar-refractivity contribution >= 4 is 12.0 Å². The first-order valence-corrected chi connectivity index (χ1v) is 10.6. The first-order valence-electron chi connectivity index (χ1n) is 10.6. The molecule has 2 fully saturated rings. The summed E-state index contributed by atoms with van der Waals surface area (Å²) in [6.45, 7) is 5.80. The van der Waals surface area contributed by atoms with Crippen LogP contribution in [0.1, 0.15) is 57.4 Å². The average Bonchev–Trinajstić information content (AvgIpc) is 3.13. The molecule has 2 atom stereocenters. The minimum atomic E-state index is -0.791. The number of hydrogen-bond donors (Lipinski definition) is 2. The van der Waals surface area contributed by atoms with Gasteiger partial charge in [0.15, 0.2) is 0 Å². The SMILES string of the molecule is CCC(c1ccccc1)C1CCCN1C(=O)NC1CC(N(CC)CC(=O)O)C1. The second-order valence-electron chi connectivity index (χ2n) is 8.06. The molecule has 2 unspecified atom stereocenters. The molecule has 1 aliphatic heterocycles. The molecule has 6 nitrogen and oxygen atoms in total. The summed E-state index contributed by atoms with van der Waals surface area (Å²) in [5.41, 5.74) is 1.31. The van der Waals surface area contributed by atoms with Crippen molar-refractivity contribution in [1.29, 1.82) is 0 Å². The van der Waals surface area contributed by atoms with Crippen LogP contribution in [0.5, 0.6) is 0 Å². The number of aliphatic carboxylic acids is 1. The number of likely N-dealkylation sites (N-methyl/N-ethyl adjacent to an activating group) is 1. The van der Waals surface area contributed by atoms with E-state index in [4.69, 9.17) is 5.11 Å². The molecule has 1 heterocycles. The number of rotatable bonds is 8. The van der Waals surface area contributed by atoms with Gasteiger partial charge in [-0.25, -0.2) is 4.79 Å². The number of carbonyl (C=O) groups excluding carboxylic acids is 1. The summed E-state index contributed by atoms with van der Waals surface area (Å²) in [7, 11) is 0. The number of nitrogens with zero attached hydrogens (tertiary/aromatic N) is 2. The molecule has 2 N–H and O–H groups in total. The van der Waals surface area contributed by atoms with Crippen molar-refractivity contribution in [3.05, 3.63) is 35.9 Å². The molecule has 2 aliphatic rings. The number of urea groups is 1. The molecule has 1 aromatic rings. The molecular formula is C22H33N3O3. The molecule has 0 aromatic heterocycles. The number of amides is 2. The van der Waals surface area contributed by atoms with Gasteiger partial charge in [-0.1, -0.05) is 44.2 Å². The Morgan fingerprint density at radius 1 is 1.25 bits per heavy atom. The van der Waals surface area contributed by atoms with E-state index in [1.165, 1.54) is 5.56 Å². The van der Waals surface area contributed by atoms with Crippen LogP contribution < -0.4 is 5.32 Å². The summed E-state index contributed by atoms with van der Waals surface area (Å²) in [6.07, 6.45) is 4.79. The molecular weight excluding hydrogens is 354 g/mol. The van der Waals surface area contributed by atoms with E-state index in [0.29, 0.717) is 5.92 Å².